The van der Waals surface area contributed by atoms with Crippen LogP contribution in [0.2, 0.25) is 0 Å². The molecule has 2 N–H and O–H groups in total. The molecule has 0 saturated heterocycles. The fraction of sp³-hybridized carbons (Fsp3) is 0.667. The first-order valence-electron chi connectivity index (χ1n) is 5.79. The van der Waals surface area contributed by atoms with E-state index in [1.54, 1.807) is 13.8 Å². The quantitative estimate of drug-likeness (QED) is 0.821. The van der Waals surface area contributed by atoms with E-state index in [4.69, 9.17) is 5.11 Å². The molecular weight excluding hydrogens is 204 g/mol. The monoisotopic (exact) mass is 222 g/mol. The number of rotatable bonds is 3. The van der Waals surface area contributed by atoms with Crippen LogP contribution in [-0.4, -0.2) is 21.3 Å². The van der Waals surface area contributed by atoms with Crippen LogP contribution >= 0.6 is 0 Å². The molecule has 1 aromatic rings. The van der Waals surface area contributed by atoms with Gasteiger partial charge in [0.15, 0.2) is 0 Å². The summed E-state index contributed by atoms with van der Waals surface area (Å²) in [5.41, 5.74) is 2.69. The summed E-state index contributed by atoms with van der Waals surface area (Å²) >= 11 is 0. The van der Waals surface area contributed by atoms with Gasteiger partial charge in [0.25, 0.3) is 0 Å². The first kappa shape index (κ1) is 11.2. The number of H-pyrrole nitrogens is 1. The number of carboxylic acids is 1. The number of nitrogens with zero attached hydrogens (tertiary/aromatic N) is 1. The van der Waals surface area contributed by atoms with Crippen molar-refractivity contribution in [2.45, 2.75) is 46.0 Å². The van der Waals surface area contributed by atoms with Gasteiger partial charge in [-0.05, 0) is 45.1 Å². The van der Waals surface area contributed by atoms with Gasteiger partial charge >= 0.3 is 5.97 Å². The zero-order chi connectivity index (χ0) is 11.8. The van der Waals surface area contributed by atoms with Crippen molar-refractivity contribution in [3.63, 3.8) is 0 Å². The minimum absolute atomic E-state index is 0.508. The van der Waals surface area contributed by atoms with E-state index in [0.29, 0.717) is 6.42 Å². The Bertz CT molecular complexity index is 407. The predicted molar refractivity (Wildman–Crippen MR) is 60.4 cm³/mol. The molecule has 16 heavy (non-hydrogen) atoms. The van der Waals surface area contributed by atoms with Crippen molar-refractivity contribution in [2.24, 2.45) is 5.41 Å². The number of aliphatic carboxylic acids is 1. The number of hydrogen-bond acceptors (Lipinski definition) is 2. The third-order valence-electron chi connectivity index (χ3n) is 3.33. The average molecular weight is 222 g/mol. The molecule has 1 aliphatic rings. The number of aromatic nitrogens is 2. The van der Waals surface area contributed by atoms with Gasteiger partial charge in [0.2, 0.25) is 0 Å². The zero-order valence-corrected chi connectivity index (χ0v) is 9.84. The summed E-state index contributed by atoms with van der Waals surface area (Å²) in [4.78, 5) is 11.1. The fourth-order valence-corrected chi connectivity index (χ4v) is 2.19. The van der Waals surface area contributed by atoms with Crippen molar-refractivity contribution >= 4 is 5.97 Å². The standard InChI is InChI=1S/C12H18N2O2/c1-12(2,11(15)16)7-10-8-5-3-4-6-9(8)13-14-10/h3-7H2,1-2H3,(H,13,14)(H,15,16). The molecule has 1 aromatic heterocycles. The van der Waals surface area contributed by atoms with Crippen LogP contribution in [0.15, 0.2) is 0 Å². The second kappa shape index (κ2) is 3.92. The molecule has 0 aromatic carbocycles. The first-order chi connectivity index (χ1) is 7.50. The molecule has 1 heterocycles. The number of hydrogen-bond donors (Lipinski definition) is 2. The Hall–Kier alpha value is -1.32. The highest BCUT2D eigenvalue weighted by Crippen LogP contribution is 2.28. The minimum atomic E-state index is -0.764. The number of aromatic amines is 1. The van der Waals surface area contributed by atoms with Crippen molar-refractivity contribution in [3.8, 4) is 0 Å². The normalized spacial score (nSPS) is 15.9. The Balaban J connectivity index is 2.22. The Labute approximate surface area is 95.1 Å². The summed E-state index contributed by atoms with van der Waals surface area (Å²) in [5, 5.41) is 16.4. The molecule has 0 unspecified atom stereocenters. The van der Waals surface area contributed by atoms with Gasteiger partial charge in [-0.2, -0.15) is 5.10 Å². The van der Waals surface area contributed by atoms with E-state index in [9.17, 15) is 4.79 Å². The van der Waals surface area contributed by atoms with Crippen molar-refractivity contribution in [3.05, 3.63) is 17.0 Å². The summed E-state index contributed by atoms with van der Waals surface area (Å²) in [7, 11) is 0. The molecule has 2 rings (SSSR count). The Morgan fingerprint density at radius 2 is 2.12 bits per heavy atom. The fourth-order valence-electron chi connectivity index (χ4n) is 2.19. The van der Waals surface area contributed by atoms with Crippen LogP contribution in [0.25, 0.3) is 0 Å². The van der Waals surface area contributed by atoms with E-state index in [1.807, 2.05) is 0 Å². The van der Waals surface area contributed by atoms with Crippen LogP contribution in [0, 0.1) is 5.41 Å². The number of fused-ring (bicyclic) bond motifs is 1. The van der Waals surface area contributed by atoms with E-state index in [1.165, 1.54) is 24.1 Å². The second-order valence-electron chi connectivity index (χ2n) is 5.20. The Morgan fingerprint density at radius 1 is 1.44 bits per heavy atom. The lowest BCUT2D eigenvalue weighted by molar-refractivity contribution is -0.146. The lowest BCUT2D eigenvalue weighted by Crippen LogP contribution is -2.27. The maximum absolute atomic E-state index is 11.1. The Morgan fingerprint density at radius 3 is 2.81 bits per heavy atom. The Kier molecular flexibility index (Phi) is 2.74. The van der Waals surface area contributed by atoms with Gasteiger partial charge < -0.3 is 5.11 Å². The maximum atomic E-state index is 11.1. The summed E-state index contributed by atoms with van der Waals surface area (Å²) in [6.07, 6.45) is 4.99. The molecular formula is C12H18N2O2. The van der Waals surface area contributed by atoms with Crippen molar-refractivity contribution < 1.29 is 9.90 Å². The highest BCUT2D eigenvalue weighted by Gasteiger charge is 2.30. The van der Waals surface area contributed by atoms with Gasteiger partial charge in [-0.25, -0.2) is 0 Å². The van der Waals surface area contributed by atoms with E-state index >= 15 is 0 Å². The molecule has 4 heteroatoms. The number of carboxylic acid groups (broad SMARTS) is 1. The van der Waals surface area contributed by atoms with Gasteiger partial charge in [-0.15, -0.1) is 0 Å². The molecule has 0 saturated carbocycles. The maximum Gasteiger partial charge on any atom is 0.309 e. The van der Waals surface area contributed by atoms with Crippen molar-refractivity contribution in [1.29, 1.82) is 0 Å². The molecule has 0 atom stereocenters. The van der Waals surface area contributed by atoms with E-state index in [2.05, 4.69) is 10.2 Å². The van der Waals surface area contributed by atoms with Gasteiger partial charge in [0.1, 0.15) is 0 Å². The molecule has 0 bridgehead atoms. The number of aryl methyl sites for hydroxylation is 1. The highest BCUT2D eigenvalue weighted by atomic mass is 16.4. The van der Waals surface area contributed by atoms with Crippen molar-refractivity contribution in [1.82, 2.24) is 10.2 Å². The smallest absolute Gasteiger partial charge is 0.309 e. The number of carbonyl (C=O) groups is 1. The number of nitrogens with one attached hydrogen (secondary N) is 1. The van der Waals surface area contributed by atoms with Crippen LogP contribution in [0.5, 0.6) is 0 Å². The molecule has 0 aliphatic heterocycles. The largest absolute Gasteiger partial charge is 0.481 e. The van der Waals surface area contributed by atoms with Gasteiger partial charge in [0.05, 0.1) is 11.1 Å². The minimum Gasteiger partial charge on any atom is -0.481 e. The van der Waals surface area contributed by atoms with Crippen LogP contribution in [0.3, 0.4) is 0 Å². The van der Waals surface area contributed by atoms with Gasteiger partial charge in [-0.3, -0.25) is 9.89 Å². The molecule has 88 valence electrons. The predicted octanol–water partition coefficient (Wildman–Crippen LogP) is 1.94. The van der Waals surface area contributed by atoms with E-state index in [-0.39, 0.29) is 0 Å². The molecule has 0 radical (unpaired) electrons. The first-order valence-corrected chi connectivity index (χ1v) is 5.79. The summed E-state index contributed by atoms with van der Waals surface area (Å²) in [6, 6.07) is 0. The highest BCUT2D eigenvalue weighted by molar-refractivity contribution is 5.74. The van der Waals surface area contributed by atoms with Crippen LogP contribution in [0.1, 0.15) is 43.6 Å². The third kappa shape index (κ3) is 1.96. The molecule has 0 amide bonds. The summed E-state index contributed by atoms with van der Waals surface area (Å²) in [6.45, 7) is 3.50. The molecule has 0 fully saturated rings. The molecule has 0 spiro atoms. The topological polar surface area (TPSA) is 66.0 Å². The lowest BCUT2D eigenvalue weighted by Gasteiger charge is -2.19. The van der Waals surface area contributed by atoms with Gasteiger partial charge in [0, 0.05) is 12.1 Å². The molecule has 4 nitrogen and oxygen atoms in total. The van der Waals surface area contributed by atoms with Crippen LogP contribution in [-0.2, 0) is 24.1 Å². The van der Waals surface area contributed by atoms with Crippen molar-refractivity contribution in [2.75, 3.05) is 0 Å². The van der Waals surface area contributed by atoms with Crippen LogP contribution in [0.4, 0.5) is 0 Å². The lowest BCUT2D eigenvalue weighted by atomic mass is 9.85. The van der Waals surface area contributed by atoms with Crippen LogP contribution < -0.4 is 0 Å². The van der Waals surface area contributed by atoms with E-state index in [0.717, 1.165) is 18.5 Å². The van der Waals surface area contributed by atoms with Gasteiger partial charge in [-0.1, -0.05) is 0 Å². The average Bonchev–Trinajstić information content (AvgIpc) is 2.61. The molecule has 1 aliphatic carbocycles. The summed E-state index contributed by atoms with van der Waals surface area (Å²) in [5.74, 6) is -0.764. The summed E-state index contributed by atoms with van der Waals surface area (Å²) < 4.78 is 0. The van der Waals surface area contributed by atoms with E-state index < -0.39 is 11.4 Å². The second-order valence-corrected chi connectivity index (χ2v) is 5.20. The SMILES string of the molecule is CC(C)(Cc1n[nH]c2c1CCCC2)C(=O)O. The third-order valence-corrected chi connectivity index (χ3v) is 3.33. The zero-order valence-electron chi connectivity index (χ0n) is 9.84.